The second-order valence-electron chi connectivity index (χ2n) is 8.50. The van der Waals surface area contributed by atoms with Crippen molar-refractivity contribution in [3.63, 3.8) is 0 Å². The van der Waals surface area contributed by atoms with Crippen LogP contribution in [0.15, 0.2) is 57.3 Å². The largest absolute Gasteiger partial charge is 0.366 e. The van der Waals surface area contributed by atoms with Crippen molar-refractivity contribution in [2.45, 2.75) is 58.1 Å². The fraction of sp³-hybridized carbons (Fsp3) is 0.409. The molecule has 0 spiro atoms. The van der Waals surface area contributed by atoms with Crippen molar-refractivity contribution in [1.29, 1.82) is 0 Å². The number of benzene rings is 1. The standard InChI is InChI=1S/C22H27N5S/c1-14(2)26-20-18-21(25-13-24-20)28-19-16(10-22(3,4)11-17(19)27-18)23-12-15-8-6-5-7-9-15/h5-9,13-14,27H,10-12H2,1-4H3,(H,24,25,26). The van der Waals surface area contributed by atoms with E-state index in [1.807, 2.05) is 6.07 Å². The molecule has 0 amide bonds. The highest BCUT2D eigenvalue weighted by Gasteiger charge is 2.35. The SMILES string of the molecule is CC(C)Nc1ncnc2c1NC1=C(S2)C(=NCc2ccccc2)CC(C)(C)C1. The summed E-state index contributed by atoms with van der Waals surface area (Å²) in [4.78, 5) is 15.2. The van der Waals surface area contributed by atoms with E-state index in [2.05, 4.69) is 72.6 Å². The smallest absolute Gasteiger partial charge is 0.154 e. The molecule has 0 radical (unpaired) electrons. The molecule has 0 fully saturated rings. The average Bonchev–Trinajstić information content (AvgIpc) is 2.65. The molecule has 0 saturated heterocycles. The number of fused-ring (bicyclic) bond motifs is 1. The van der Waals surface area contributed by atoms with Gasteiger partial charge in [-0.25, -0.2) is 9.97 Å². The van der Waals surface area contributed by atoms with Crippen molar-refractivity contribution < 1.29 is 0 Å². The van der Waals surface area contributed by atoms with E-state index in [4.69, 9.17) is 4.99 Å². The number of rotatable bonds is 4. The normalized spacial score (nSPS) is 19.2. The summed E-state index contributed by atoms with van der Waals surface area (Å²) < 4.78 is 0. The van der Waals surface area contributed by atoms with E-state index in [1.54, 1.807) is 18.1 Å². The fourth-order valence-electron chi connectivity index (χ4n) is 3.64. The van der Waals surface area contributed by atoms with Gasteiger partial charge in [0, 0.05) is 11.7 Å². The van der Waals surface area contributed by atoms with Gasteiger partial charge in [-0.2, -0.15) is 0 Å². The molecule has 0 atom stereocenters. The van der Waals surface area contributed by atoms with E-state index in [1.165, 1.54) is 21.9 Å². The van der Waals surface area contributed by atoms with Gasteiger partial charge in [0.2, 0.25) is 0 Å². The highest BCUT2D eigenvalue weighted by molar-refractivity contribution is 8.04. The fourth-order valence-corrected chi connectivity index (χ4v) is 4.68. The minimum Gasteiger partial charge on any atom is -0.366 e. The van der Waals surface area contributed by atoms with E-state index in [9.17, 15) is 0 Å². The van der Waals surface area contributed by atoms with Gasteiger partial charge in [-0.3, -0.25) is 4.99 Å². The lowest BCUT2D eigenvalue weighted by Crippen LogP contribution is -2.30. The lowest BCUT2D eigenvalue weighted by molar-refractivity contribution is 0.373. The summed E-state index contributed by atoms with van der Waals surface area (Å²) in [5.41, 5.74) is 4.80. The number of nitrogens with zero attached hydrogens (tertiary/aromatic N) is 3. The van der Waals surface area contributed by atoms with Crippen LogP contribution in [0.5, 0.6) is 0 Å². The molecular weight excluding hydrogens is 366 g/mol. The van der Waals surface area contributed by atoms with E-state index in [-0.39, 0.29) is 5.41 Å². The highest BCUT2D eigenvalue weighted by atomic mass is 32.2. The molecule has 4 rings (SSSR count). The average molecular weight is 394 g/mol. The van der Waals surface area contributed by atoms with Crippen molar-refractivity contribution in [2.75, 3.05) is 10.6 Å². The first kappa shape index (κ1) is 19.0. The van der Waals surface area contributed by atoms with Crippen LogP contribution in [0.4, 0.5) is 11.5 Å². The van der Waals surface area contributed by atoms with Gasteiger partial charge in [-0.1, -0.05) is 55.9 Å². The molecule has 2 heterocycles. The van der Waals surface area contributed by atoms with E-state index < -0.39 is 0 Å². The minimum absolute atomic E-state index is 0.167. The molecule has 0 unspecified atom stereocenters. The first-order valence-corrected chi connectivity index (χ1v) is 10.6. The van der Waals surface area contributed by atoms with Gasteiger partial charge >= 0.3 is 0 Å². The van der Waals surface area contributed by atoms with Crippen LogP contribution in [0.25, 0.3) is 0 Å². The minimum atomic E-state index is 0.167. The maximum atomic E-state index is 5.02. The number of nitrogens with one attached hydrogen (secondary N) is 2. The molecule has 2 aliphatic rings. The molecular formula is C22H27N5S. The first-order chi connectivity index (χ1) is 13.4. The highest BCUT2D eigenvalue weighted by Crippen LogP contribution is 2.49. The van der Waals surface area contributed by atoms with Gasteiger partial charge in [-0.15, -0.1) is 0 Å². The summed E-state index contributed by atoms with van der Waals surface area (Å²) in [5, 5.41) is 8.04. The van der Waals surface area contributed by atoms with Crippen LogP contribution in [0.1, 0.15) is 46.1 Å². The van der Waals surface area contributed by atoms with E-state index in [0.29, 0.717) is 12.6 Å². The van der Waals surface area contributed by atoms with E-state index >= 15 is 0 Å². The zero-order valence-corrected chi connectivity index (χ0v) is 17.7. The van der Waals surface area contributed by atoms with Crippen LogP contribution in [-0.4, -0.2) is 21.7 Å². The van der Waals surface area contributed by atoms with Gasteiger partial charge in [0.15, 0.2) is 5.82 Å². The Balaban J connectivity index is 1.68. The zero-order valence-electron chi connectivity index (χ0n) is 16.9. The molecule has 0 bridgehead atoms. The Morgan fingerprint density at radius 3 is 2.71 bits per heavy atom. The molecule has 1 aromatic heterocycles. The topological polar surface area (TPSA) is 62.2 Å². The molecule has 1 aliphatic heterocycles. The number of aromatic nitrogens is 2. The predicted molar refractivity (Wildman–Crippen MR) is 118 cm³/mol. The Bertz CT molecular complexity index is 931. The number of anilines is 2. The maximum absolute atomic E-state index is 5.02. The summed E-state index contributed by atoms with van der Waals surface area (Å²) in [6.07, 6.45) is 3.61. The van der Waals surface area contributed by atoms with Gasteiger partial charge in [0.25, 0.3) is 0 Å². The van der Waals surface area contributed by atoms with Crippen LogP contribution in [0, 0.1) is 5.41 Å². The third-order valence-electron chi connectivity index (χ3n) is 4.85. The molecule has 2 N–H and O–H groups in total. The summed E-state index contributed by atoms with van der Waals surface area (Å²) in [7, 11) is 0. The lowest BCUT2D eigenvalue weighted by atomic mass is 9.78. The number of allylic oxidation sites excluding steroid dienone is 2. The summed E-state index contributed by atoms with van der Waals surface area (Å²) in [6.45, 7) is 9.57. The van der Waals surface area contributed by atoms with E-state index in [0.717, 1.165) is 29.4 Å². The third-order valence-corrected chi connectivity index (χ3v) is 6.03. The molecule has 5 nitrogen and oxygen atoms in total. The lowest BCUT2D eigenvalue weighted by Gasteiger charge is -2.37. The van der Waals surface area contributed by atoms with Gasteiger partial charge in [-0.05, 0) is 37.7 Å². The van der Waals surface area contributed by atoms with Gasteiger partial charge in [0.1, 0.15) is 17.0 Å². The quantitative estimate of drug-likeness (QED) is 0.673. The second kappa shape index (κ2) is 7.59. The molecule has 28 heavy (non-hydrogen) atoms. The van der Waals surface area contributed by atoms with Gasteiger partial charge < -0.3 is 10.6 Å². The Morgan fingerprint density at radius 2 is 1.96 bits per heavy atom. The molecule has 1 aliphatic carbocycles. The van der Waals surface area contributed by atoms with Crippen LogP contribution in [0.3, 0.4) is 0 Å². The first-order valence-electron chi connectivity index (χ1n) is 9.78. The van der Waals surface area contributed by atoms with Crippen molar-refractivity contribution in [3.8, 4) is 0 Å². The predicted octanol–water partition coefficient (Wildman–Crippen LogP) is 5.49. The molecule has 2 aromatic rings. The number of aliphatic imine (C=N–C) groups is 1. The van der Waals surface area contributed by atoms with Crippen LogP contribution < -0.4 is 10.6 Å². The summed E-state index contributed by atoms with van der Waals surface area (Å²) in [5.74, 6) is 0.866. The van der Waals surface area contributed by atoms with Crippen molar-refractivity contribution in [3.05, 3.63) is 52.8 Å². The molecule has 146 valence electrons. The Kier molecular flexibility index (Phi) is 5.15. The van der Waals surface area contributed by atoms with Crippen LogP contribution >= 0.6 is 11.8 Å². The third kappa shape index (κ3) is 4.07. The number of hydrogen-bond acceptors (Lipinski definition) is 6. The van der Waals surface area contributed by atoms with Gasteiger partial charge in [0.05, 0.1) is 17.2 Å². The molecule has 0 saturated carbocycles. The Hall–Kier alpha value is -2.34. The van der Waals surface area contributed by atoms with Crippen molar-refractivity contribution in [1.82, 2.24) is 9.97 Å². The second-order valence-corrected chi connectivity index (χ2v) is 9.50. The monoisotopic (exact) mass is 393 g/mol. The molecule has 1 aromatic carbocycles. The number of hydrogen-bond donors (Lipinski definition) is 2. The molecule has 6 heteroatoms. The number of thioether (sulfide) groups is 1. The van der Waals surface area contributed by atoms with Crippen molar-refractivity contribution in [2.24, 2.45) is 10.4 Å². The zero-order chi connectivity index (χ0) is 19.7. The Morgan fingerprint density at radius 1 is 1.18 bits per heavy atom. The van der Waals surface area contributed by atoms with Crippen LogP contribution in [-0.2, 0) is 6.54 Å². The van der Waals surface area contributed by atoms with Crippen molar-refractivity contribution >= 4 is 29.0 Å². The Labute approximate surface area is 171 Å². The van der Waals surface area contributed by atoms with Crippen LogP contribution in [0.2, 0.25) is 0 Å². The maximum Gasteiger partial charge on any atom is 0.154 e. The summed E-state index contributed by atoms with van der Waals surface area (Å²) in [6, 6.07) is 10.8. The summed E-state index contributed by atoms with van der Waals surface area (Å²) >= 11 is 1.72.